The van der Waals surface area contributed by atoms with Crippen molar-refractivity contribution in [3.63, 3.8) is 0 Å². The van der Waals surface area contributed by atoms with Crippen LogP contribution >= 0.6 is 22.9 Å². The van der Waals surface area contributed by atoms with Crippen LogP contribution in [0.3, 0.4) is 0 Å². The zero-order valence-electron chi connectivity index (χ0n) is 15.3. The molecule has 160 valence electrons. The number of aromatic nitrogens is 2. The molecule has 1 saturated heterocycles. The minimum absolute atomic E-state index is 0.131. The number of alkyl halides is 3. The number of ether oxygens (including phenoxy) is 1. The van der Waals surface area contributed by atoms with Crippen LogP contribution in [0.25, 0.3) is 0 Å². The molecule has 0 N–H and O–H groups in total. The van der Waals surface area contributed by atoms with Gasteiger partial charge in [0.05, 0.1) is 23.7 Å². The number of piperazine rings is 1. The summed E-state index contributed by atoms with van der Waals surface area (Å²) in [6, 6.07) is 2.30. The lowest BCUT2D eigenvalue weighted by atomic mass is 10.2. The lowest BCUT2D eigenvalue weighted by Crippen LogP contribution is -2.48. The van der Waals surface area contributed by atoms with Crippen molar-refractivity contribution >= 4 is 33.0 Å². The molecule has 1 aromatic carbocycles. The maximum atomic E-state index is 13.0. The van der Waals surface area contributed by atoms with E-state index in [1.54, 1.807) is 0 Å². The van der Waals surface area contributed by atoms with Crippen molar-refractivity contribution in [1.82, 2.24) is 19.4 Å². The third-order valence-electron chi connectivity index (χ3n) is 4.28. The van der Waals surface area contributed by atoms with Crippen molar-refractivity contribution in [2.24, 2.45) is 0 Å². The number of rotatable bonds is 6. The number of hydrogen-bond acceptors (Lipinski definition) is 7. The zero-order valence-corrected chi connectivity index (χ0v) is 17.7. The molecule has 0 radical (unpaired) electrons. The van der Waals surface area contributed by atoms with E-state index in [0.717, 1.165) is 21.4 Å². The fourth-order valence-corrected chi connectivity index (χ4v) is 5.53. The average Bonchev–Trinajstić information content (AvgIpc) is 3.08. The summed E-state index contributed by atoms with van der Waals surface area (Å²) >= 11 is 7.22. The molecule has 0 atom stereocenters. The molecule has 0 saturated carbocycles. The van der Waals surface area contributed by atoms with Crippen LogP contribution in [0.5, 0.6) is 5.19 Å². The SMILES string of the molecule is CCOc1nnc(CN2CCN(S(=O)(=O)c3cc(C(F)(F)F)ccc3Cl)CC2)s1. The molecule has 7 nitrogen and oxygen atoms in total. The van der Waals surface area contributed by atoms with Gasteiger partial charge in [0.25, 0.3) is 5.19 Å². The molecular weight excluding hydrogens is 453 g/mol. The Bertz CT molecular complexity index is 961. The van der Waals surface area contributed by atoms with Gasteiger partial charge in [0, 0.05) is 26.2 Å². The molecule has 1 aliphatic heterocycles. The molecule has 1 aliphatic rings. The average molecular weight is 471 g/mol. The quantitative estimate of drug-likeness (QED) is 0.645. The van der Waals surface area contributed by atoms with E-state index in [9.17, 15) is 21.6 Å². The van der Waals surface area contributed by atoms with E-state index in [1.807, 2.05) is 11.8 Å². The van der Waals surface area contributed by atoms with Crippen LogP contribution in [0, 0.1) is 0 Å². The maximum absolute atomic E-state index is 13.0. The minimum Gasteiger partial charge on any atom is -0.469 e. The van der Waals surface area contributed by atoms with Gasteiger partial charge in [-0.3, -0.25) is 4.90 Å². The predicted molar refractivity (Wildman–Crippen MR) is 102 cm³/mol. The van der Waals surface area contributed by atoms with Crippen LogP contribution in [-0.2, 0) is 22.7 Å². The normalized spacial score (nSPS) is 16.9. The molecule has 0 unspecified atom stereocenters. The largest absolute Gasteiger partial charge is 0.469 e. The van der Waals surface area contributed by atoms with Crippen molar-refractivity contribution in [3.05, 3.63) is 33.8 Å². The monoisotopic (exact) mass is 470 g/mol. The van der Waals surface area contributed by atoms with Crippen molar-refractivity contribution in [2.45, 2.75) is 24.5 Å². The first-order valence-corrected chi connectivity index (χ1v) is 11.3. The first-order valence-electron chi connectivity index (χ1n) is 8.65. The van der Waals surface area contributed by atoms with Crippen LogP contribution < -0.4 is 4.74 Å². The topological polar surface area (TPSA) is 75.6 Å². The van der Waals surface area contributed by atoms with Crippen LogP contribution in [0.4, 0.5) is 13.2 Å². The smallest absolute Gasteiger partial charge is 0.416 e. The molecule has 13 heteroatoms. The van der Waals surface area contributed by atoms with Gasteiger partial charge in [0.2, 0.25) is 10.0 Å². The Balaban J connectivity index is 1.68. The fraction of sp³-hybridized carbons (Fsp3) is 0.500. The Morgan fingerprint density at radius 2 is 1.90 bits per heavy atom. The zero-order chi connectivity index (χ0) is 21.2. The van der Waals surface area contributed by atoms with Gasteiger partial charge in [0.1, 0.15) is 9.90 Å². The van der Waals surface area contributed by atoms with E-state index in [2.05, 4.69) is 10.2 Å². The van der Waals surface area contributed by atoms with Crippen molar-refractivity contribution < 1.29 is 26.3 Å². The number of hydrogen-bond donors (Lipinski definition) is 0. The number of benzene rings is 1. The third-order valence-corrected chi connectivity index (χ3v) is 7.48. The molecule has 1 fully saturated rings. The molecule has 3 rings (SSSR count). The highest BCUT2D eigenvalue weighted by atomic mass is 35.5. The summed E-state index contributed by atoms with van der Waals surface area (Å²) in [5, 5.41) is 8.92. The summed E-state index contributed by atoms with van der Waals surface area (Å²) in [5.74, 6) is 0. The van der Waals surface area contributed by atoms with Crippen LogP contribution in [-0.4, -0.2) is 60.6 Å². The Kier molecular flexibility index (Phi) is 6.68. The first kappa shape index (κ1) is 22.2. The Labute approximate surface area is 175 Å². The summed E-state index contributed by atoms with van der Waals surface area (Å²) < 4.78 is 71.0. The van der Waals surface area contributed by atoms with Crippen molar-refractivity contribution in [1.29, 1.82) is 0 Å². The highest BCUT2D eigenvalue weighted by molar-refractivity contribution is 7.89. The molecular formula is C16H18ClF3N4O3S2. The Morgan fingerprint density at radius 1 is 1.21 bits per heavy atom. The maximum Gasteiger partial charge on any atom is 0.416 e. The first-order chi connectivity index (χ1) is 13.6. The summed E-state index contributed by atoms with van der Waals surface area (Å²) in [7, 11) is -4.15. The third kappa shape index (κ3) is 5.18. The second kappa shape index (κ2) is 8.72. The summed E-state index contributed by atoms with van der Waals surface area (Å²) in [4.78, 5) is 1.46. The van der Waals surface area contributed by atoms with E-state index in [0.29, 0.717) is 37.5 Å². The minimum atomic E-state index is -4.66. The number of nitrogens with zero attached hydrogens (tertiary/aromatic N) is 4. The van der Waals surface area contributed by atoms with Gasteiger partial charge in [-0.15, -0.1) is 10.2 Å². The molecule has 2 aromatic rings. The highest BCUT2D eigenvalue weighted by Gasteiger charge is 2.35. The van der Waals surface area contributed by atoms with Gasteiger partial charge in [-0.1, -0.05) is 22.9 Å². The number of sulfonamides is 1. The Morgan fingerprint density at radius 3 is 2.52 bits per heavy atom. The lowest BCUT2D eigenvalue weighted by molar-refractivity contribution is -0.137. The summed E-state index contributed by atoms with van der Waals surface area (Å²) in [6.07, 6.45) is -4.66. The van der Waals surface area contributed by atoms with Gasteiger partial charge in [-0.05, 0) is 25.1 Å². The van der Waals surface area contributed by atoms with Gasteiger partial charge in [-0.25, -0.2) is 8.42 Å². The lowest BCUT2D eigenvalue weighted by Gasteiger charge is -2.33. The van der Waals surface area contributed by atoms with Crippen molar-refractivity contribution in [3.8, 4) is 5.19 Å². The Hall–Kier alpha value is -1.47. The van der Waals surface area contributed by atoms with E-state index in [1.165, 1.54) is 11.3 Å². The van der Waals surface area contributed by atoms with Gasteiger partial charge in [-0.2, -0.15) is 17.5 Å². The standard InChI is InChI=1S/C16H18ClF3N4O3S2/c1-2-27-15-22-21-14(28-15)10-23-5-7-24(8-6-23)29(25,26)13-9-11(16(18,19)20)3-4-12(13)17/h3-4,9H,2,5-8,10H2,1H3. The molecule has 1 aromatic heterocycles. The second-order valence-corrected chi connectivity index (χ2v) is 9.56. The van der Waals surface area contributed by atoms with E-state index < -0.39 is 26.7 Å². The molecule has 0 aliphatic carbocycles. The van der Waals surface area contributed by atoms with Crippen molar-refractivity contribution in [2.75, 3.05) is 32.8 Å². The highest BCUT2D eigenvalue weighted by Crippen LogP contribution is 2.34. The van der Waals surface area contributed by atoms with Crippen LogP contribution in [0.2, 0.25) is 5.02 Å². The second-order valence-electron chi connectivity index (χ2n) is 6.22. The van der Waals surface area contributed by atoms with Crippen LogP contribution in [0.1, 0.15) is 17.5 Å². The predicted octanol–water partition coefficient (Wildman–Crippen LogP) is 3.12. The van der Waals surface area contributed by atoms with Gasteiger partial charge in [0.15, 0.2) is 0 Å². The fourth-order valence-electron chi connectivity index (χ4n) is 2.82. The molecule has 2 heterocycles. The molecule has 29 heavy (non-hydrogen) atoms. The number of halogens is 4. The molecule has 0 bridgehead atoms. The van der Waals surface area contributed by atoms with Gasteiger partial charge >= 0.3 is 6.18 Å². The van der Waals surface area contributed by atoms with E-state index in [4.69, 9.17) is 16.3 Å². The molecule has 0 amide bonds. The summed E-state index contributed by atoms with van der Waals surface area (Å²) in [6.45, 7) is 3.89. The van der Waals surface area contributed by atoms with Crippen LogP contribution in [0.15, 0.2) is 23.1 Å². The molecule has 0 spiro atoms. The summed E-state index contributed by atoms with van der Waals surface area (Å²) in [5.41, 5.74) is -1.06. The van der Waals surface area contributed by atoms with E-state index >= 15 is 0 Å². The van der Waals surface area contributed by atoms with Gasteiger partial charge < -0.3 is 4.74 Å². The van der Waals surface area contributed by atoms with E-state index in [-0.39, 0.29) is 18.1 Å².